The van der Waals surface area contributed by atoms with Crippen molar-refractivity contribution < 1.29 is 45.4 Å². The van der Waals surface area contributed by atoms with E-state index in [4.69, 9.17) is 19.2 Å². The molecule has 7 heteroatoms. The van der Waals surface area contributed by atoms with Gasteiger partial charge in [0.15, 0.2) is 0 Å². The molecule has 0 aromatic carbocycles. The first-order valence-electron chi connectivity index (χ1n) is 0.783. The van der Waals surface area contributed by atoms with Crippen LogP contribution in [0.3, 0.4) is 0 Å². The van der Waals surface area contributed by atoms with Gasteiger partial charge in [-0.05, 0) is 0 Å². The molecule has 0 fully saturated rings. The SMILES string of the molecule is O=P(O)(O)O.[NaH].[Zr]. The van der Waals surface area contributed by atoms with Crippen LogP contribution in [0.4, 0.5) is 0 Å². The average Bonchev–Trinajstić information content (AvgIpc) is 0.722. The summed E-state index contributed by atoms with van der Waals surface area (Å²) in [7, 11) is -4.64. The Hall–Kier alpha value is 1.99. The molecular weight excluding hydrogens is 209 g/mol. The standard InChI is InChI=1S/Na.H3O4P.Zr.H/c;1-5(2,3)4;;/h;(H3,1,2,3,4);;. The molecule has 0 aromatic rings. The summed E-state index contributed by atoms with van der Waals surface area (Å²) in [6, 6.07) is 0. The third kappa shape index (κ3) is 72.3. The smallest absolute Gasteiger partial charge is 0 e. The first-order valence-corrected chi connectivity index (χ1v) is 2.35. The number of rotatable bonds is 0. The monoisotopic (exact) mass is 212 g/mol. The van der Waals surface area contributed by atoms with Crippen LogP contribution in [-0.2, 0) is 30.8 Å². The summed E-state index contributed by atoms with van der Waals surface area (Å²) in [5.74, 6) is 0. The minimum Gasteiger partial charge on any atom is 0 e. The van der Waals surface area contributed by atoms with Gasteiger partial charge in [0.05, 0.1) is 0 Å². The summed E-state index contributed by atoms with van der Waals surface area (Å²) in [4.78, 5) is 21.6. The van der Waals surface area contributed by atoms with Gasteiger partial charge in [0.2, 0.25) is 0 Å². The molecule has 0 saturated carbocycles. The van der Waals surface area contributed by atoms with E-state index in [0.29, 0.717) is 0 Å². The molecule has 0 aliphatic heterocycles. The Morgan fingerprint density at radius 3 is 1.14 bits per heavy atom. The third-order valence-electron chi connectivity index (χ3n) is 0. The summed E-state index contributed by atoms with van der Waals surface area (Å²) in [6.45, 7) is 0. The van der Waals surface area contributed by atoms with Gasteiger partial charge in [-0.2, -0.15) is 0 Å². The first kappa shape index (κ1) is 16.0. The van der Waals surface area contributed by atoms with Gasteiger partial charge in [-0.1, -0.05) is 0 Å². The molecule has 4 nitrogen and oxygen atoms in total. The van der Waals surface area contributed by atoms with Gasteiger partial charge in [-0.15, -0.1) is 0 Å². The van der Waals surface area contributed by atoms with E-state index >= 15 is 0 Å². The van der Waals surface area contributed by atoms with Crippen LogP contribution in [-0.4, -0.2) is 44.2 Å². The summed E-state index contributed by atoms with van der Waals surface area (Å²) in [5.41, 5.74) is 0. The van der Waals surface area contributed by atoms with Gasteiger partial charge in [-0.3, -0.25) is 0 Å². The van der Waals surface area contributed by atoms with Gasteiger partial charge in [0.1, 0.15) is 0 Å². The van der Waals surface area contributed by atoms with Crippen molar-refractivity contribution in [1.29, 1.82) is 0 Å². The minimum atomic E-state index is -4.64. The molecule has 38 valence electrons. The molecule has 0 unspecified atom stereocenters. The summed E-state index contributed by atoms with van der Waals surface area (Å²) >= 11 is 0. The van der Waals surface area contributed by atoms with Gasteiger partial charge in [-0.25, -0.2) is 4.57 Å². The van der Waals surface area contributed by atoms with E-state index in [1.54, 1.807) is 0 Å². The maximum atomic E-state index is 8.88. The summed E-state index contributed by atoms with van der Waals surface area (Å²) < 4.78 is 8.88. The van der Waals surface area contributed by atoms with E-state index in [9.17, 15) is 0 Å². The van der Waals surface area contributed by atoms with Crippen molar-refractivity contribution in [2.75, 3.05) is 0 Å². The van der Waals surface area contributed by atoms with Crippen molar-refractivity contribution in [2.45, 2.75) is 0 Å². The van der Waals surface area contributed by atoms with Crippen LogP contribution in [0.1, 0.15) is 0 Å². The van der Waals surface area contributed by atoms with Crippen LogP contribution >= 0.6 is 7.82 Å². The van der Waals surface area contributed by atoms with Crippen molar-refractivity contribution in [3.05, 3.63) is 0 Å². The van der Waals surface area contributed by atoms with E-state index in [2.05, 4.69) is 0 Å². The van der Waals surface area contributed by atoms with Crippen molar-refractivity contribution in [1.82, 2.24) is 0 Å². The normalized spacial score (nSPS) is 8.43. The second-order valence-electron chi connectivity index (χ2n) is 0.513. The van der Waals surface area contributed by atoms with Crippen LogP contribution < -0.4 is 0 Å². The van der Waals surface area contributed by atoms with E-state index in [1.165, 1.54) is 0 Å². The molecule has 0 heterocycles. The Morgan fingerprint density at radius 2 is 1.14 bits per heavy atom. The molecule has 3 N–H and O–H groups in total. The molecule has 0 aliphatic rings. The molecule has 0 radical (unpaired) electrons. The molecule has 0 spiro atoms. The first-order chi connectivity index (χ1) is 2.00. The summed E-state index contributed by atoms with van der Waals surface area (Å²) in [5, 5.41) is 0. The second-order valence-corrected chi connectivity index (χ2v) is 1.54. The van der Waals surface area contributed by atoms with Gasteiger partial charge < -0.3 is 14.7 Å². The van der Waals surface area contributed by atoms with Crippen LogP contribution in [0.15, 0.2) is 0 Å². The van der Waals surface area contributed by atoms with Crippen molar-refractivity contribution in [3.63, 3.8) is 0 Å². The van der Waals surface area contributed by atoms with Gasteiger partial charge in [0.25, 0.3) is 0 Å². The molecule has 0 saturated heterocycles. The summed E-state index contributed by atoms with van der Waals surface area (Å²) in [6.07, 6.45) is 0. The molecule has 0 rings (SSSR count). The van der Waals surface area contributed by atoms with Crippen LogP contribution in [0.2, 0.25) is 0 Å². The number of phosphoric acid groups is 1. The minimum absolute atomic E-state index is 0. The molecule has 0 amide bonds. The van der Waals surface area contributed by atoms with E-state index in [0.717, 1.165) is 0 Å². The van der Waals surface area contributed by atoms with Crippen LogP contribution in [0.5, 0.6) is 0 Å². The molecule has 0 bridgehead atoms. The Bertz CT molecular complexity index is 57.8. The Balaban J connectivity index is -0.0000000800. The zero-order valence-electron chi connectivity index (χ0n) is 2.70. The predicted octanol–water partition coefficient (Wildman–Crippen LogP) is -1.58. The largest absolute Gasteiger partial charge is 0 e. The Labute approximate surface area is 82.0 Å². The third-order valence-corrected chi connectivity index (χ3v) is 0. The fraction of sp³-hybridized carbons (Fsp3) is 0. The van der Waals surface area contributed by atoms with Gasteiger partial charge in [0, 0.05) is 26.2 Å². The van der Waals surface area contributed by atoms with E-state index in [1.807, 2.05) is 0 Å². The maximum absolute atomic E-state index is 8.88. The fourth-order valence-corrected chi connectivity index (χ4v) is 0. The predicted molar refractivity (Wildman–Crippen MR) is 21.4 cm³/mol. The van der Waals surface area contributed by atoms with Gasteiger partial charge >= 0.3 is 37.4 Å². The molecular formula is H4NaO4PZr. The second kappa shape index (κ2) is 6.12. The van der Waals surface area contributed by atoms with Crippen molar-refractivity contribution in [3.8, 4) is 0 Å². The van der Waals surface area contributed by atoms with Crippen molar-refractivity contribution in [2.24, 2.45) is 0 Å². The Morgan fingerprint density at radius 1 is 1.14 bits per heavy atom. The zero-order valence-corrected chi connectivity index (χ0v) is 6.05. The quantitative estimate of drug-likeness (QED) is 0.335. The maximum Gasteiger partial charge on any atom is 0 e. The molecule has 0 aliphatic carbocycles. The number of hydrogen-bond acceptors (Lipinski definition) is 1. The van der Waals surface area contributed by atoms with Crippen LogP contribution in [0.25, 0.3) is 0 Å². The topological polar surface area (TPSA) is 77.8 Å². The average molecular weight is 213 g/mol. The Kier molecular flexibility index (Phi) is 14.0. The van der Waals surface area contributed by atoms with E-state index < -0.39 is 7.82 Å². The molecule has 0 atom stereocenters. The van der Waals surface area contributed by atoms with Crippen molar-refractivity contribution >= 4 is 37.4 Å². The van der Waals surface area contributed by atoms with Crippen LogP contribution in [0, 0.1) is 0 Å². The zero-order chi connectivity index (χ0) is 4.50. The number of hydrogen-bond donors (Lipinski definition) is 3. The van der Waals surface area contributed by atoms with E-state index in [-0.39, 0.29) is 55.8 Å². The molecule has 7 heavy (non-hydrogen) atoms. The molecule has 0 aromatic heterocycles. The fourth-order valence-electron chi connectivity index (χ4n) is 0.